The molecule has 1 aromatic heterocycles. The van der Waals surface area contributed by atoms with Crippen LogP contribution in [0.1, 0.15) is 51.8 Å². The summed E-state index contributed by atoms with van der Waals surface area (Å²) in [4.78, 5) is 31.0. The van der Waals surface area contributed by atoms with Crippen molar-refractivity contribution in [3.05, 3.63) is 21.7 Å². The van der Waals surface area contributed by atoms with Crippen molar-refractivity contribution in [3.8, 4) is 0 Å². The van der Waals surface area contributed by atoms with Gasteiger partial charge in [0.2, 0.25) is 5.91 Å². The summed E-state index contributed by atoms with van der Waals surface area (Å²) in [6, 6.07) is 0.302. The van der Waals surface area contributed by atoms with Crippen LogP contribution in [0.2, 0.25) is 0 Å². The number of carbonyl (C=O) groups excluding carboxylic acids is 1. The lowest BCUT2D eigenvalue weighted by Gasteiger charge is -2.30. The number of aliphatic hydroxyl groups excluding tert-OH is 1. The van der Waals surface area contributed by atoms with E-state index >= 15 is 0 Å². The maximum absolute atomic E-state index is 12.6. The summed E-state index contributed by atoms with van der Waals surface area (Å²) in [5.74, 6) is 0.378. The van der Waals surface area contributed by atoms with Gasteiger partial charge in [-0.1, -0.05) is 11.8 Å². The Morgan fingerprint density at radius 2 is 1.96 bits per heavy atom. The lowest BCUT2D eigenvalue weighted by Crippen LogP contribution is -2.43. The average molecular weight is 368 g/mol. The number of fused-ring (bicyclic) bond motifs is 1. The lowest BCUT2D eigenvalue weighted by molar-refractivity contribution is -0.131. The third-order valence-corrected chi connectivity index (χ3v) is 5.48. The molecule has 140 valence electrons. The number of rotatable bonds is 8. The highest BCUT2D eigenvalue weighted by molar-refractivity contribution is 7.99. The van der Waals surface area contributed by atoms with Crippen molar-refractivity contribution >= 4 is 17.7 Å². The highest BCUT2D eigenvalue weighted by Crippen LogP contribution is 2.29. The first-order valence-corrected chi connectivity index (χ1v) is 10.0. The molecule has 0 aliphatic heterocycles. The van der Waals surface area contributed by atoms with Crippen LogP contribution < -0.4 is 5.69 Å². The maximum Gasteiger partial charge on any atom is 0.348 e. The van der Waals surface area contributed by atoms with Crippen LogP contribution in [0.3, 0.4) is 0 Å². The number of hydrogen-bond acceptors (Lipinski definition) is 5. The van der Waals surface area contributed by atoms with E-state index in [2.05, 4.69) is 4.98 Å². The molecule has 0 unspecified atom stereocenters. The van der Waals surface area contributed by atoms with Gasteiger partial charge >= 0.3 is 5.69 Å². The van der Waals surface area contributed by atoms with E-state index in [1.54, 1.807) is 4.57 Å². The Bertz CT molecular complexity index is 662. The molecule has 2 rings (SSSR count). The molecule has 0 atom stereocenters. The highest BCUT2D eigenvalue weighted by atomic mass is 32.2. The Morgan fingerprint density at radius 3 is 2.56 bits per heavy atom. The van der Waals surface area contributed by atoms with Gasteiger partial charge in [0.05, 0.1) is 5.75 Å². The monoisotopic (exact) mass is 367 g/mol. The van der Waals surface area contributed by atoms with Crippen molar-refractivity contribution in [3.63, 3.8) is 0 Å². The van der Waals surface area contributed by atoms with Crippen LogP contribution in [0.15, 0.2) is 9.82 Å². The molecule has 1 heterocycles. The van der Waals surface area contributed by atoms with E-state index in [-0.39, 0.29) is 30.3 Å². The smallest absolute Gasteiger partial charge is 0.348 e. The van der Waals surface area contributed by atoms with E-state index in [9.17, 15) is 9.59 Å². The lowest BCUT2D eigenvalue weighted by atomic mass is 10.2. The molecule has 6 nitrogen and oxygen atoms in total. The van der Waals surface area contributed by atoms with Crippen molar-refractivity contribution in [2.45, 2.75) is 77.0 Å². The molecule has 0 radical (unpaired) electrons. The zero-order chi connectivity index (χ0) is 18.6. The first kappa shape index (κ1) is 20.0. The second-order valence-corrected chi connectivity index (χ2v) is 7.95. The van der Waals surface area contributed by atoms with E-state index in [0.29, 0.717) is 23.7 Å². The third-order valence-electron chi connectivity index (χ3n) is 4.47. The van der Waals surface area contributed by atoms with Gasteiger partial charge in [-0.25, -0.2) is 4.79 Å². The molecule has 0 saturated heterocycles. The molecule has 1 aromatic rings. The van der Waals surface area contributed by atoms with Crippen molar-refractivity contribution in [1.82, 2.24) is 14.5 Å². The van der Waals surface area contributed by atoms with Gasteiger partial charge in [-0.15, -0.1) is 0 Å². The van der Waals surface area contributed by atoms with Crippen LogP contribution in [0.4, 0.5) is 0 Å². The minimum atomic E-state index is -0.270. The van der Waals surface area contributed by atoms with Gasteiger partial charge in [0.15, 0.2) is 0 Å². The molecule has 7 heteroatoms. The Balaban J connectivity index is 2.18. The molecule has 1 N–H and O–H groups in total. The zero-order valence-corrected chi connectivity index (χ0v) is 16.4. The minimum absolute atomic E-state index is 0.0620. The number of aliphatic hydroxyl groups is 1. The SMILES string of the molecule is CC(C)N(C(=O)CSc1nc(=O)n(CCCO)c2c1CCC2)C(C)C. The first-order chi connectivity index (χ1) is 11.9. The van der Waals surface area contributed by atoms with E-state index in [1.165, 1.54) is 11.8 Å². The third kappa shape index (κ3) is 4.64. The molecule has 1 aliphatic carbocycles. The van der Waals surface area contributed by atoms with Crippen molar-refractivity contribution in [2.24, 2.45) is 0 Å². The van der Waals surface area contributed by atoms with Crippen molar-refractivity contribution in [1.29, 1.82) is 0 Å². The minimum Gasteiger partial charge on any atom is -0.396 e. The normalized spacial score (nSPS) is 13.6. The summed E-state index contributed by atoms with van der Waals surface area (Å²) in [7, 11) is 0. The molecule has 0 aromatic carbocycles. The standard InChI is InChI=1S/C18H29N3O3S/c1-12(2)21(13(3)4)16(23)11-25-17-14-7-5-8-15(14)20(9-6-10-22)18(24)19-17/h12-13,22H,5-11H2,1-4H3. The van der Waals surface area contributed by atoms with E-state index in [1.807, 2.05) is 32.6 Å². The first-order valence-electron chi connectivity index (χ1n) is 9.04. The van der Waals surface area contributed by atoms with Crippen LogP contribution in [0.25, 0.3) is 0 Å². The van der Waals surface area contributed by atoms with E-state index < -0.39 is 0 Å². The van der Waals surface area contributed by atoms with Gasteiger partial charge in [0, 0.05) is 36.5 Å². The summed E-state index contributed by atoms with van der Waals surface area (Å²) in [6.07, 6.45) is 3.32. The van der Waals surface area contributed by atoms with Crippen LogP contribution in [0, 0.1) is 0 Å². The van der Waals surface area contributed by atoms with Crippen LogP contribution in [0.5, 0.6) is 0 Å². The van der Waals surface area contributed by atoms with Crippen LogP contribution >= 0.6 is 11.8 Å². The summed E-state index contributed by atoms with van der Waals surface area (Å²) in [6.45, 7) is 8.62. The predicted molar refractivity (Wildman–Crippen MR) is 100 cm³/mol. The van der Waals surface area contributed by atoms with Crippen molar-refractivity contribution < 1.29 is 9.90 Å². The second kappa shape index (κ2) is 8.85. The van der Waals surface area contributed by atoms with Crippen LogP contribution in [-0.2, 0) is 24.2 Å². The Hall–Kier alpha value is -1.34. The highest BCUT2D eigenvalue weighted by Gasteiger charge is 2.24. The second-order valence-electron chi connectivity index (χ2n) is 6.98. The number of hydrogen-bond donors (Lipinski definition) is 1. The number of carbonyl (C=O) groups is 1. The molecule has 0 saturated carbocycles. The summed E-state index contributed by atoms with van der Waals surface area (Å²) < 4.78 is 1.69. The van der Waals surface area contributed by atoms with Gasteiger partial charge in [-0.2, -0.15) is 4.98 Å². The number of aromatic nitrogens is 2. The molecule has 0 spiro atoms. The average Bonchev–Trinajstić information content (AvgIpc) is 3.00. The Labute approximate surface area is 153 Å². The summed E-state index contributed by atoms with van der Waals surface area (Å²) in [5, 5.41) is 9.73. The fourth-order valence-corrected chi connectivity index (χ4v) is 4.49. The zero-order valence-electron chi connectivity index (χ0n) is 15.6. The summed E-state index contributed by atoms with van der Waals surface area (Å²) >= 11 is 1.38. The Morgan fingerprint density at radius 1 is 1.28 bits per heavy atom. The molecule has 0 fully saturated rings. The number of amides is 1. The fraction of sp³-hybridized carbons (Fsp3) is 0.722. The van der Waals surface area contributed by atoms with Gasteiger partial charge in [-0.05, 0) is 53.4 Å². The van der Waals surface area contributed by atoms with Gasteiger partial charge < -0.3 is 10.0 Å². The quantitative estimate of drug-likeness (QED) is 0.561. The molecular weight excluding hydrogens is 338 g/mol. The van der Waals surface area contributed by atoms with Crippen LogP contribution in [-0.4, -0.2) is 49.9 Å². The Kier molecular flexibility index (Phi) is 7.07. The number of thioether (sulfide) groups is 1. The van der Waals surface area contributed by atoms with Crippen molar-refractivity contribution in [2.75, 3.05) is 12.4 Å². The molecule has 25 heavy (non-hydrogen) atoms. The molecular formula is C18H29N3O3S. The predicted octanol–water partition coefficient (Wildman–Crippen LogP) is 1.85. The van der Waals surface area contributed by atoms with E-state index in [4.69, 9.17) is 5.11 Å². The molecule has 1 amide bonds. The van der Waals surface area contributed by atoms with Gasteiger partial charge in [0.25, 0.3) is 0 Å². The largest absolute Gasteiger partial charge is 0.396 e. The summed E-state index contributed by atoms with van der Waals surface area (Å²) in [5.41, 5.74) is 1.87. The van der Waals surface area contributed by atoms with Gasteiger partial charge in [0.1, 0.15) is 5.03 Å². The van der Waals surface area contributed by atoms with Gasteiger partial charge in [-0.3, -0.25) is 9.36 Å². The number of nitrogens with zero attached hydrogens (tertiary/aromatic N) is 3. The molecule has 0 bridgehead atoms. The fourth-order valence-electron chi connectivity index (χ4n) is 3.54. The molecule has 1 aliphatic rings. The topological polar surface area (TPSA) is 75.4 Å². The maximum atomic E-state index is 12.6. The van der Waals surface area contributed by atoms with E-state index in [0.717, 1.165) is 30.5 Å².